The minimum atomic E-state index is -0.113. The van der Waals surface area contributed by atoms with Gasteiger partial charge in [0.15, 0.2) is 5.69 Å². The fourth-order valence-corrected chi connectivity index (χ4v) is 1.48. The van der Waals surface area contributed by atoms with Crippen LogP contribution >= 0.6 is 0 Å². The lowest BCUT2D eigenvalue weighted by molar-refractivity contribution is 0.0788. The highest BCUT2D eigenvalue weighted by molar-refractivity contribution is 5.97. The Morgan fingerprint density at radius 2 is 2.19 bits per heavy atom. The molecular formula is C11H20N4O. The number of unbranched alkanes of at least 4 members (excludes halogenated alkanes) is 2. The largest absolute Gasteiger partial charge is 0.395 e. The molecule has 0 atom stereocenters. The monoisotopic (exact) mass is 224 g/mol. The summed E-state index contributed by atoms with van der Waals surface area (Å²) in [6.07, 6.45) is 3.29. The zero-order chi connectivity index (χ0) is 12.1. The average Bonchev–Trinajstić information content (AvgIpc) is 2.59. The number of aromatic amines is 1. The zero-order valence-corrected chi connectivity index (χ0v) is 10.2. The number of anilines is 1. The van der Waals surface area contributed by atoms with E-state index in [0.717, 1.165) is 31.5 Å². The standard InChI is InChI=1S/C11H20N4O/c1-4-5-6-7-15(3)11(16)10-9(12)8(2)13-14-10/h4-7,12H2,1-3H3,(H,13,14). The van der Waals surface area contributed by atoms with Gasteiger partial charge in [0.05, 0.1) is 11.4 Å². The van der Waals surface area contributed by atoms with Crippen LogP contribution in [0.3, 0.4) is 0 Å². The molecule has 0 aromatic carbocycles. The van der Waals surface area contributed by atoms with Crippen LogP contribution in [0.2, 0.25) is 0 Å². The van der Waals surface area contributed by atoms with Gasteiger partial charge in [0.2, 0.25) is 0 Å². The number of nitrogens with one attached hydrogen (secondary N) is 1. The second kappa shape index (κ2) is 5.53. The van der Waals surface area contributed by atoms with Crippen molar-refractivity contribution < 1.29 is 4.79 Å². The van der Waals surface area contributed by atoms with Crippen LogP contribution < -0.4 is 5.73 Å². The second-order valence-electron chi connectivity index (χ2n) is 4.04. The maximum atomic E-state index is 11.9. The van der Waals surface area contributed by atoms with Crippen LogP contribution in [-0.2, 0) is 0 Å². The Hall–Kier alpha value is -1.52. The molecule has 1 rings (SSSR count). The van der Waals surface area contributed by atoms with Crippen molar-refractivity contribution in [2.45, 2.75) is 33.1 Å². The Bertz CT molecular complexity index is 359. The molecule has 16 heavy (non-hydrogen) atoms. The summed E-state index contributed by atoms with van der Waals surface area (Å²) in [6, 6.07) is 0. The van der Waals surface area contributed by atoms with Gasteiger partial charge < -0.3 is 10.6 Å². The first-order valence-electron chi connectivity index (χ1n) is 5.63. The summed E-state index contributed by atoms with van der Waals surface area (Å²) in [6.45, 7) is 4.69. The number of hydrogen-bond donors (Lipinski definition) is 2. The summed E-state index contributed by atoms with van der Waals surface area (Å²) in [5.41, 5.74) is 7.28. The molecule has 1 aromatic heterocycles. The molecule has 0 spiro atoms. The van der Waals surface area contributed by atoms with E-state index in [1.807, 2.05) is 0 Å². The number of nitrogen functional groups attached to an aromatic ring is 1. The normalized spacial score (nSPS) is 10.4. The van der Waals surface area contributed by atoms with Crippen LogP contribution in [0, 0.1) is 6.92 Å². The van der Waals surface area contributed by atoms with Gasteiger partial charge in [-0.1, -0.05) is 19.8 Å². The number of aromatic nitrogens is 2. The van der Waals surface area contributed by atoms with Gasteiger partial charge in [0.25, 0.3) is 5.91 Å². The van der Waals surface area contributed by atoms with E-state index >= 15 is 0 Å². The number of nitrogens with two attached hydrogens (primary N) is 1. The summed E-state index contributed by atoms with van der Waals surface area (Å²) in [5, 5.41) is 6.64. The predicted octanol–water partition coefficient (Wildman–Crippen LogP) is 1.56. The first kappa shape index (κ1) is 12.5. The third kappa shape index (κ3) is 2.74. The highest BCUT2D eigenvalue weighted by atomic mass is 16.2. The molecule has 90 valence electrons. The minimum absolute atomic E-state index is 0.113. The molecular weight excluding hydrogens is 204 g/mol. The van der Waals surface area contributed by atoms with Crippen molar-refractivity contribution in [3.8, 4) is 0 Å². The van der Waals surface area contributed by atoms with Crippen molar-refractivity contribution in [3.05, 3.63) is 11.4 Å². The van der Waals surface area contributed by atoms with Crippen molar-refractivity contribution in [3.63, 3.8) is 0 Å². The molecule has 0 aliphatic rings. The Morgan fingerprint density at radius 1 is 1.50 bits per heavy atom. The number of carbonyl (C=O) groups excluding carboxylic acids is 1. The van der Waals surface area contributed by atoms with Crippen LogP contribution in [0.1, 0.15) is 42.4 Å². The summed E-state index contributed by atoms with van der Waals surface area (Å²) >= 11 is 0. The number of hydrogen-bond acceptors (Lipinski definition) is 3. The van der Waals surface area contributed by atoms with E-state index in [2.05, 4.69) is 17.1 Å². The van der Waals surface area contributed by atoms with E-state index < -0.39 is 0 Å². The van der Waals surface area contributed by atoms with Gasteiger partial charge in [-0.3, -0.25) is 9.89 Å². The quantitative estimate of drug-likeness (QED) is 0.745. The maximum Gasteiger partial charge on any atom is 0.276 e. The SMILES string of the molecule is CCCCCN(C)C(=O)c1n[nH]c(C)c1N. The van der Waals surface area contributed by atoms with E-state index in [4.69, 9.17) is 5.73 Å². The molecule has 0 radical (unpaired) electrons. The molecule has 0 unspecified atom stereocenters. The zero-order valence-electron chi connectivity index (χ0n) is 10.2. The lowest BCUT2D eigenvalue weighted by Crippen LogP contribution is -2.28. The van der Waals surface area contributed by atoms with Gasteiger partial charge in [0.1, 0.15) is 0 Å². The van der Waals surface area contributed by atoms with Crippen molar-refractivity contribution in [2.24, 2.45) is 0 Å². The van der Waals surface area contributed by atoms with Gasteiger partial charge in [0, 0.05) is 13.6 Å². The van der Waals surface area contributed by atoms with Gasteiger partial charge in [-0.05, 0) is 13.3 Å². The molecule has 0 saturated heterocycles. The molecule has 1 amide bonds. The topological polar surface area (TPSA) is 75.0 Å². The van der Waals surface area contributed by atoms with Crippen molar-refractivity contribution in [2.75, 3.05) is 19.3 Å². The summed E-state index contributed by atoms with van der Waals surface area (Å²) < 4.78 is 0. The van der Waals surface area contributed by atoms with Crippen LogP contribution in [0.5, 0.6) is 0 Å². The third-order valence-corrected chi connectivity index (χ3v) is 2.64. The van der Waals surface area contributed by atoms with E-state index in [1.54, 1.807) is 18.9 Å². The number of carbonyl (C=O) groups is 1. The fraction of sp³-hybridized carbons (Fsp3) is 0.636. The summed E-state index contributed by atoms with van der Waals surface area (Å²) in [5.74, 6) is -0.113. The maximum absolute atomic E-state index is 11.9. The molecule has 0 aliphatic heterocycles. The van der Waals surface area contributed by atoms with Crippen LogP contribution in [-0.4, -0.2) is 34.6 Å². The van der Waals surface area contributed by atoms with E-state index in [9.17, 15) is 4.79 Å². The summed E-state index contributed by atoms with van der Waals surface area (Å²) in [7, 11) is 1.78. The summed E-state index contributed by atoms with van der Waals surface area (Å²) in [4.78, 5) is 13.6. The van der Waals surface area contributed by atoms with Crippen LogP contribution in [0.15, 0.2) is 0 Å². The fourth-order valence-electron chi connectivity index (χ4n) is 1.48. The Kier molecular flexibility index (Phi) is 4.34. The van der Waals surface area contributed by atoms with Gasteiger partial charge in [-0.2, -0.15) is 5.10 Å². The molecule has 0 aliphatic carbocycles. The van der Waals surface area contributed by atoms with Crippen LogP contribution in [0.25, 0.3) is 0 Å². The van der Waals surface area contributed by atoms with Crippen molar-refractivity contribution in [1.82, 2.24) is 15.1 Å². The first-order chi connectivity index (χ1) is 7.57. The molecule has 0 bridgehead atoms. The van der Waals surface area contributed by atoms with Gasteiger partial charge >= 0.3 is 0 Å². The predicted molar refractivity (Wildman–Crippen MR) is 64.2 cm³/mol. The number of H-pyrrole nitrogens is 1. The van der Waals surface area contributed by atoms with Crippen molar-refractivity contribution in [1.29, 1.82) is 0 Å². The number of nitrogens with zero attached hydrogens (tertiary/aromatic N) is 2. The lowest BCUT2D eigenvalue weighted by atomic mass is 10.2. The lowest BCUT2D eigenvalue weighted by Gasteiger charge is -2.15. The van der Waals surface area contributed by atoms with Gasteiger partial charge in [-0.25, -0.2) is 0 Å². The van der Waals surface area contributed by atoms with E-state index in [0.29, 0.717) is 11.4 Å². The van der Waals surface area contributed by atoms with Gasteiger partial charge in [-0.15, -0.1) is 0 Å². The molecule has 0 saturated carbocycles. The van der Waals surface area contributed by atoms with E-state index in [1.165, 1.54) is 0 Å². The second-order valence-corrected chi connectivity index (χ2v) is 4.04. The average molecular weight is 224 g/mol. The number of amides is 1. The number of aryl methyl sites for hydroxylation is 1. The first-order valence-corrected chi connectivity index (χ1v) is 5.63. The Labute approximate surface area is 96.0 Å². The smallest absolute Gasteiger partial charge is 0.276 e. The van der Waals surface area contributed by atoms with E-state index in [-0.39, 0.29) is 5.91 Å². The highest BCUT2D eigenvalue weighted by Gasteiger charge is 2.18. The highest BCUT2D eigenvalue weighted by Crippen LogP contribution is 2.14. The Morgan fingerprint density at radius 3 is 2.69 bits per heavy atom. The molecule has 3 N–H and O–H groups in total. The third-order valence-electron chi connectivity index (χ3n) is 2.64. The van der Waals surface area contributed by atoms with Crippen molar-refractivity contribution >= 4 is 11.6 Å². The molecule has 5 nitrogen and oxygen atoms in total. The number of rotatable bonds is 5. The molecule has 1 aromatic rings. The molecule has 1 heterocycles. The Balaban J connectivity index is 2.60. The van der Waals surface area contributed by atoms with Crippen LogP contribution in [0.4, 0.5) is 5.69 Å². The molecule has 0 fully saturated rings. The molecule has 5 heteroatoms. The minimum Gasteiger partial charge on any atom is -0.395 e.